The molecule has 7 heteroatoms. The highest BCUT2D eigenvalue weighted by molar-refractivity contribution is 5.94. The van der Waals surface area contributed by atoms with Crippen LogP contribution in [0, 0.1) is 23.3 Å². The van der Waals surface area contributed by atoms with Gasteiger partial charge in [-0.15, -0.1) is 0 Å². The SMILES string of the molecule is Nc1c(F)cc(C(=O)NCc2ccc(F)c(F)c2)cc1F. The van der Waals surface area contributed by atoms with Gasteiger partial charge in [-0.05, 0) is 29.8 Å². The monoisotopic (exact) mass is 298 g/mol. The van der Waals surface area contributed by atoms with Gasteiger partial charge in [0.05, 0.1) is 0 Å². The van der Waals surface area contributed by atoms with Crippen molar-refractivity contribution in [2.45, 2.75) is 6.54 Å². The molecule has 0 fully saturated rings. The smallest absolute Gasteiger partial charge is 0.251 e. The van der Waals surface area contributed by atoms with E-state index in [-0.39, 0.29) is 12.1 Å². The molecule has 3 N–H and O–H groups in total. The molecule has 3 nitrogen and oxygen atoms in total. The van der Waals surface area contributed by atoms with Crippen molar-refractivity contribution in [3.63, 3.8) is 0 Å². The Morgan fingerprint density at radius 2 is 1.57 bits per heavy atom. The first-order valence-electron chi connectivity index (χ1n) is 5.85. The molecule has 0 unspecified atom stereocenters. The van der Waals surface area contributed by atoms with Crippen LogP contribution in [0.2, 0.25) is 0 Å². The summed E-state index contributed by atoms with van der Waals surface area (Å²) in [5, 5.41) is 2.33. The van der Waals surface area contributed by atoms with Gasteiger partial charge >= 0.3 is 0 Å². The molecule has 2 aromatic carbocycles. The molecule has 0 radical (unpaired) electrons. The van der Waals surface area contributed by atoms with Crippen LogP contribution in [0.3, 0.4) is 0 Å². The van der Waals surface area contributed by atoms with Crippen LogP contribution in [-0.4, -0.2) is 5.91 Å². The number of halogens is 4. The number of nitrogens with one attached hydrogen (secondary N) is 1. The van der Waals surface area contributed by atoms with Crippen molar-refractivity contribution >= 4 is 11.6 Å². The zero-order valence-corrected chi connectivity index (χ0v) is 10.6. The van der Waals surface area contributed by atoms with Crippen molar-refractivity contribution in [3.8, 4) is 0 Å². The number of rotatable bonds is 3. The van der Waals surface area contributed by atoms with Gasteiger partial charge in [-0.25, -0.2) is 17.6 Å². The van der Waals surface area contributed by atoms with Crippen molar-refractivity contribution in [2.24, 2.45) is 0 Å². The van der Waals surface area contributed by atoms with E-state index in [9.17, 15) is 22.4 Å². The minimum Gasteiger partial charge on any atom is -0.394 e. The lowest BCUT2D eigenvalue weighted by Crippen LogP contribution is -2.23. The van der Waals surface area contributed by atoms with Crippen LogP contribution in [0.15, 0.2) is 30.3 Å². The number of nitrogen functional groups attached to an aromatic ring is 1. The molecule has 0 bridgehead atoms. The van der Waals surface area contributed by atoms with E-state index in [2.05, 4.69) is 5.32 Å². The number of benzene rings is 2. The lowest BCUT2D eigenvalue weighted by atomic mass is 10.1. The number of carbonyl (C=O) groups excluding carboxylic acids is 1. The van der Waals surface area contributed by atoms with Gasteiger partial charge in [-0.3, -0.25) is 4.79 Å². The van der Waals surface area contributed by atoms with Crippen molar-refractivity contribution < 1.29 is 22.4 Å². The number of carbonyl (C=O) groups is 1. The van der Waals surface area contributed by atoms with Gasteiger partial charge in [-0.1, -0.05) is 6.07 Å². The number of anilines is 1. The summed E-state index contributed by atoms with van der Waals surface area (Å²) in [5.74, 6) is -4.92. The van der Waals surface area contributed by atoms with Crippen LogP contribution in [-0.2, 0) is 6.54 Å². The third-order valence-corrected chi connectivity index (χ3v) is 2.78. The van der Waals surface area contributed by atoms with Crippen LogP contribution in [0.5, 0.6) is 0 Å². The van der Waals surface area contributed by atoms with E-state index in [1.54, 1.807) is 0 Å². The first kappa shape index (κ1) is 14.8. The van der Waals surface area contributed by atoms with Gasteiger partial charge < -0.3 is 11.1 Å². The molecule has 2 aromatic rings. The average molecular weight is 298 g/mol. The Labute approximate surface area is 117 Å². The maximum atomic E-state index is 13.2. The Kier molecular flexibility index (Phi) is 4.11. The first-order chi connectivity index (χ1) is 9.88. The van der Waals surface area contributed by atoms with Gasteiger partial charge in [0.25, 0.3) is 5.91 Å². The van der Waals surface area contributed by atoms with Gasteiger partial charge in [0.2, 0.25) is 0 Å². The summed E-state index contributed by atoms with van der Waals surface area (Å²) in [5.41, 5.74) is 4.46. The zero-order valence-electron chi connectivity index (χ0n) is 10.6. The van der Waals surface area contributed by atoms with Crippen LogP contribution in [0.1, 0.15) is 15.9 Å². The summed E-state index contributed by atoms with van der Waals surface area (Å²) < 4.78 is 52.2. The Hall–Kier alpha value is -2.57. The van der Waals surface area contributed by atoms with E-state index in [1.807, 2.05) is 0 Å². The maximum absolute atomic E-state index is 13.2. The van der Waals surface area contributed by atoms with E-state index in [0.29, 0.717) is 5.56 Å². The van der Waals surface area contributed by atoms with Crippen molar-refractivity contribution in [2.75, 3.05) is 5.73 Å². The number of nitrogens with two attached hydrogens (primary N) is 1. The van der Waals surface area contributed by atoms with Gasteiger partial charge in [0, 0.05) is 12.1 Å². The van der Waals surface area contributed by atoms with E-state index in [1.165, 1.54) is 6.07 Å². The molecule has 0 atom stereocenters. The quantitative estimate of drug-likeness (QED) is 0.676. The fraction of sp³-hybridized carbons (Fsp3) is 0.0714. The Balaban J connectivity index is 2.10. The molecule has 110 valence electrons. The molecule has 0 aliphatic carbocycles. The van der Waals surface area contributed by atoms with Crippen molar-refractivity contribution in [1.29, 1.82) is 0 Å². The summed E-state index contributed by atoms with van der Waals surface area (Å²) in [6.45, 7) is -0.121. The minimum atomic E-state index is -1.05. The number of amides is 1. The van der Waals surface area contributed by atoms with E-state index < -0.39 is 34.9 Å². The molecular weight excluding hydrogens is 288 g/mol. The molecule has 0 heterocycles. The Morgan fingerprint density at radius 1 is 0.952 bits per heavy atom. The predicted molar refractivity (Wildman–Crippen MR) is 68.3 cm³/mol. The van der Waals surface area contributed by atoms with Crippen LogP contribution in [0.25, 0.3) is 0 Å². The molecule has 0 saturated carbocycles. The molecule has 0 spiro atoms. The van der Waals surface area contributed by atoms with Crippen LogP contribution < -0.4 is 11.1 Å². The highest BCUT2D eigenvalue weighted by Gasteiger charge is 2.13. The summed E-state index contributed by atoms with van der Waals surface area (Å²) in [7, 11) is 0. The molecular formula is C14H10F4N2O. The Morgan fingerprint density at radius 3 is 2.14 bits per heavy atom. The fourth-order valence-electron chi connectivity index (χ4n) is 1.65. The topological polar surface area (TPSA) is 55.1 Å². The highest BCUT2D eigenvalue weighted by atomic mass is 19.2. The van der Waals surface area contributed by atoms with Crippen molar-refractivity contribution in [1.82, 2.24) is 5.32 Å². The molecule has 0 aliphatic rings. The van der Waals surface area contributed by atoms with E-state index in [4.69, 9.17) is 5.73 Å². The normalized spacial score (nSPS) is 10.5. The van der Waals surface area contributed by atoms with E-state index in [0.717, 1.165) is 24.3 Å². The molecule has 1 amide bonds. The highest BCUT2D eigenvalue weighted by Crippen LogP contribution is 2.17. The average Bonchev–Trinajstić information content (AvgIpc) is 2.45. The van der Waals surface area contributed by atoms with Gasteiger partial charge in [0.15, 0.2) is 11.6 Å². The molecule has 21 heavy (non-hydrogen) atoms. The standard InChI is InChI=1S/C14H10F4N2O/c15-9-2-1-7(3-10(9)16)6-20-14(21)8-4-11(17)13(19)12(18)5-8/h1-5H,6,19H2,(H,20,21). The van der Waals surface area contributed by atoms with Crippen molar-refractivity contribution in [3.05, 3.63) is 64.7 Å². The molecule has 0 aliphatic heterocycles. The summed E-state index contributed by atoms with van der Waals surface area (Å²) >= 11 is 0. The van der Waals surface area contributed by atoms with Crippen LogP contribution in [0.4, 0.5) is 23.2 Å². The van der Waals surface area contributed by atoms with Gasteiger partial charge in [-0.2, -0.15) is 0 Å². The molecule has 2 rings (SSSR count). The second kappa shape index (κ2) is 5.82. The zero-order chi connectivity index (χ0) is 15.6. The third-order valence-electron chi connectivity index (χ3n) is 2.78. The lowest BCUT2D eigenvalue weighted by Gasteiger charge is -2.07. The third kappa shape index (κ3) is 3.31. The minimum absolute atomic E-state index is 0.121. The fourth-order valence-corrected chi connectivity index (χ4v) is 1.65. The summed E-state index contributed by atoms with van der Waals surface area (Å²) in [6.07, 6.45) is 0. The maximum Gasteiger partial charge on any atom is 0.251 e. The second-order valence-corrected chi connectivity index (χ2v) is 4.28. The van der Waals surface area contributed by atoms with Gasteiger partial charge in [0.1, 0.15) is 17.3 Å². The largest absolute Gasteiger partial charge is 0.394 e. The number of hydrogen-bond acceptors (Lipinski definition) is 2. The first-order valence-corrected chi connectivity index (χ1v) is 5.85. The predicted octanol–water partition coefficient (Wildman–Crippen LogP) is 2.76. The van der Waals surface area contributed by atoms with E-state index >= 15 is 0 Å². The molecule has 0 saturated heterocycles. The van der Waals surface area contributed by atoms with Crippen LogP contribution >= 0.6 is 0 Å². The summed E-state index contributed by atoms with van der Waals surface area (Å²) in [4.78, 5) is 11.7. The second-order valence-electron chi connectivity index (χ2n) is 4.28. The molecule has 0 aromatic heterocycles. The Bertz CT molecular complexity index is 680. The number of hydrogen-bond donors (Lipinski definition) is 2. The lowest BCUT2D eigenvalue weighted by molar-refractivity contribution is 0.0950. The summed E-state index contributed by atoms with van der Waals surface area (Å²) in [6, 6.07) is 4.69.